The monoisotopic (exact) mass is 541 g/mol. The van der Waals surface area contributed by atoms with Gasteiger partial charge in [0.2, 0.25) is 5.88 Å². The molecule has 1 amide bonds. The van der Waals surface area contributed by atoms with Gasteiger partial charge >= 0.3 is 0 Å². The second kappa shape index (κ2) is 11.5. The Hall–Kier alpha value is -3.53. The Kier molecular flexibility index (Phi) is 8.30. The zero-order valence-electron chi connectivity index (χ0n) is 21.8. The standard InChI is InChI=1S/C28H32FN3O5S/c1-17(2)16-36-22-14-20(13-21(29)15-22)24-10-9-23(28(31-24)37-25-11-8-18(3)19(25)4)27(33)32-38(34,35)26-7-5-6-12-30-26/h5-7,9-10,12-15,17-19,25H,8,11,16H2,1-4H3,(H,32,33). The van der Waals surface area contributed by atoms with Gasteiger partial charge in [0.15, 0.2) is 5.03 Å². The molecule has 3 unspecified atom stereocenters. The average Bonchev–Trinajstić information content (AvgIpc) is 3.19. The number of benzene rings is 1. The lowest BCUT2D eigenvalue weighted by atomic mass is 9.99. The van der Waals surface area contributed by atoms with E-state index in [1.807, 2.05) is 18.6 Å². The van der Waals surface area contributed by atoms with E-state index in [-0.39, 0.29) is 34.4 Å². The van der Waals surface area contributed by atoms with Crippen molar-refractivity contribution in [1.82, 2.24) is 14.7 Å². The van der Waals surface area contributed by atoms with E-state index in [1.165, 1.54) is 42.6 Å². The van der Waals surface area contributed by atoms with Crippen LogP contribution < -0.4 is 14.2 Å². The Bertz CT molecular complexity index is 1400. The second-order valence-electron chi connectivity index (χ2n) is 10.1. The minimum Gasteiger partial charge on any atom is -0.493 e. The number of aromatic nitrogens is 2. The van der Waals surface area contributed by atoms with Gasteiger partial charge < -0.3 is 9.47 Å². The van der Waals surface area contributed by atoms with Crippen LogP contribution in [-0.2, 0) is 10.0 Å². The summed E-state index contributed by atoms with van der Waals surface area (Å²) >= 11 is 0. The number of carbonyl (C=O) groups excluding carboxylic acids is 1. The molecule has 1 N–H and O–H groups in total. The number of ether oxygens (including phenoxy) is 2. The molecule has 38 heavy (non-hydrogen) atoms. The van der Waals surface area contributed by atoms with E-state index in [0.29, 0.717) is 29.5 Å². The summed E-state index contributed by atoms with van der Waals surface area (Å²) in [6.07, 6.45) is 2.85. The first kappa shape index (κ1) is 27.5. The van der Waals surface area contributed by atoms with Crippen molar-refractivity contribution < 1.29 is 27.1 Å². The lowest BCUT2D eigenvalue weighted by Crippen LogP contribution is -2.32. The summed E-state index contributed by atoms with van der Waals surface area (Å²) in [5.41, 5.74) is 0.749. The first-order chi connectivity index (χ1) is 18.0. The molecule has 3 aromatic rings. The van der Waals surface area contributed by atoms with Crippen molar-refractivity contribution in [2.24, 2.45) is 17.8 Å². The van der Waals surface area contributed by atoms with Crippen molar-refractivity contribution in [3.63, 3.8) is 0 Å². The summed E-state index contributed by atoms with van der Waals surface area (Å²) in [7, 11) is -4.22. The molecule has 1 fully saturated rings. The number of carbonyl (C=O) groups is 1. The third kappa shape index (κ3) is 6.48. The number of nitrogens with zero attached hydrogens (tertiary/aromatic N) is 2. The summed E-state index contributed by atoms with van der Waals surface area (Å²) in [5, 5.41) is -0.285. The fourth-order valence-electron chi connectivity index (χ4n) is 4.29. The fraction of sp³-hybridized carbons (Fsp3) is 0.393. The van der Waals surface area contributed by atoms with Crippen LogP contribution in [0.2, 0.25) is 0 Å². The molecule has 1 aliphatic rings. The molecule has 202 valence electrons. The highest BCUT2D eigenvalue weighted by Crippen LogP contribution is 2.35. The average molecular weight is 542 g/mol. The van der Waals surface area contributed by atoms with E-state index < -0.39 is 21.7 Å². The molecular weight excluding hydrogens is 509 g/mol. The zero-order chi connectivity index (χ0) is 27.4. The second-order valence-corrected chi connectivity index (χ2v) is 11.7. The Morgan fingerprint density at radius 3 is 2.58 bits per heavy atom. The summed E-state index contributed by atoms with van der Waals surface area (Å²) in [5.74, 6) is -0.158. The molecule has 2 aromatic heterocycles. The Balaban J connectivity index is 1.69. The van der Waals surface area contributed by atoms with E-state index in [9.17, 15) is 17.6 Å². The van der Waals surface area contributed by atoms with E-state index in [0.717, 1.165) is 12.8 Å². The first-order valence-corrected chi connectivity index (χ1v) is 14.1. The predicted octanol–water partition coefficient (Wildman–Crippen LogP) is 5.25. The van der Waals surface area contributed by atoms with Gasteiger partial charge in [-0.2, -0.15) is 8.42 Å². The van der Waals surface area contributed by atoms with Crippen LogP contribution in [0.1, 0.15) is 50.9 Å². The van der Waals surface area contributed by atoms with E-state index in [1.54, 1.807) is 12.1 Å². The van der Waals surface area contributed by atoms with E-state index >= 15 is 0 Å². The van der Waals surface area contributed by atoms with Crippen LogP contribution in [0.5, 0.6) is 11.6 Å². The van der Waals surface area contributed by atoms with Gasteiger partial charge in [0.25, 0.3) is 15.9 Å². The van der Waals surface area contributed by atoms with Gasteiger partial charge in [0.1, 0.15) is 23.2 Å². The molecule has 0 aliphatic heterocycles. The van der Waals surface area contributed by atoms with Crippen molar-refractivity contribution >= 4 is 15.9 Å². The lowest BCUT2D eigenvalue weighted by molar-refractivity contribution is 0.0966. The molecule has 0 bridgehead atoms. The molecule has 10 heteroatoms. The number of nitrogens with one attached hydrogen (secondary N) is 1. The van der Waals surface area contributed by atoms with Gasteiger partial charge in [-0.05, 0) is 67.0 Å². The Labute approximate surface area is 222 Å². The maximum absolute atomic E-state index is 14.4. The Morgan fingerprint density at radius 2 is 1.92 bits per heavy atom. The number of hydrogen-bond donors (Lipinski definition) is 1. The van der Waals surface area contributed by atoms with Crippen molar-refractivity contribution in [3.8, 4) is 22.9 Å². The molecule has 8 nitrogen and oxygen atoms in total. The number of hydrogen-bond acceptors (Lipinski definition) is 7. The number of halogens is 1. The topological polar surface area (TPSA) is 107 Å². The molecule has 0 saturated heterocycles. The molecule has 0 radical (unpaired) electrons. The highest BCUT2D eigenvalue weighted by Gasteiger charge is 2.33. The van der Waals surface area contributed by atoms with Crippen molar-refractivity contribution in [2.45, 2.75) is 51.7 Å². The van der Waals surface area contributed by atoms with Crippen LogP contribution >= 0.6 is 0 Å². The summed E-state index contributed by atoms with van der Waals surface area (Å²) in [6.45, 7) is 8.62. The summed E-state index contributed by atoms with van der Waals surface area (Å²) < 4.78 is 53.9. The van der Waals surface area contributed by atoms with Gasteiger partial charge in [0.05, 0.1) is 12.3 Å². The van der Waals surface area contributed by atoms with Crippen LogP contribution in [0, 0.1) is 23.6 Å². The highest BCUT2D eigenvalue weighted by atomic mass is 32.2. The fourth-order valence-corrected chi connectivity index (χ4v) is 5.20. The Morgan fingerprint density at radius 1 is 1.13 bits per heavy atom. The zero-order valence-corrected chi connectivity index (χ0v) is 22.7. The SMILES string of the molecule is CC(C)COc1cc(F)cc(-c2ccc(C(=O)NS(=O)(=O)c3ccccn3)c(OC3CCC(C)C3C)n2)c1. The quantitative estimate of drug-likeness (QED) is 0.394. The molecular formula is C28H32FN3O5S. The predicted molar refractivity (Wildman–Crippen MR) is 141 cm³/mol. The number of rotatable bonds is 9. The maximum Gasteiger partial charge on any atom is 0.281 e. The van der Waals surface area contributed by atoms with Crippen molar-refractivity contribution in [1.29, 1.82) is 0 Å². The minimum atomic E-state index is -4.22. The smallest absolute Gasteiger partial charge is 0.281 e. The summed E-state index contributed by atoms with van der Waals surface area (Å²) in [4.78, 5) is 21.5. The van der Waals surface area contributed by atoms with Crippen LogP contribution in [0.15, 0.2) is 59.8 Å². The first-order valence-electron chi connectivity index (χ1n) is 12.6. The van der Waals surface area contributed by atoms with Crippen LogP contribution in [0.4, 0.5) is 4.39 Å². The van der Waals surface area contributed by atoms with Crippen LogP contribution in [0.25, 0.3) is 11.3 Å². The molecule has 1 aromatic carbocycles. The molecule has 4 rings (SSSR count). The molecule has 1 aliphatic carbocycles. The lowest BCUT2D eigenvalue weighted by Gasteiger charge is -2.21. The number of amides is 1. The maximum atomic E-state index is 14.4. The van der Waals surface area contributed by atoms with Gasteiger partial charge in [-0.3, -0.25) is 4.79 Å². The van der Waals surface area contributed by atoms with Gasteiger partial charge in [-0.1, -0.05) is 33.8 Å². The normalized spacial score (nSPS) is 19.4. The van der Waals surface area contributed by atoms with E-state index in [2.05, 4.69) is 23.8 Å². The van der Waals surface area contributed by atoms with Crippen LogP contribution in [-0.4, -0.2) is 37.0 Å². The van der Waals surface area contributed by atoms with Crippen molar-refractivity contribution in [3.05, 3.63) is 66.1 Å². The van der Waals surface area contributed by atoms with Gasteiger partial charge in [-0.15, -0.1) is 0 Å². The van der Waals surface area contributed by atoms with Crippen molar-refractivity contribution in [2.75, 3.05) is 6.61 Å². The largest absolute Gasteiger partial charge is 0.493 e. The minimum absolute atomic E-state index is 0.0175. The van der Waals surface area contributed by atoms with Gasteiger partial charge in [-0.25, -0.2) is 19.1 Å². The third-order valence-corrected chi connectivity index (χ3v) is 7.90. The molecule has 1 saturated carbocycles. The molecule has 3 atom stereocenters. The highest BCUT2D eigenvalue weighted by molar-refractivity contribution is 7.90. The molecule has 2 heterocycles. The molecule has 0 spiro atoms. The number of pyridine rings is 2. The van der Waals surface area contributed by atoms with E-state index in [4.69, 9.17) is 9.47 Å². The summed E-state index contributed by atoms with van der Waals surface area (Å²) in [6, 6.07) is 11.6. The third-order valence-electron chi connectivity index (χ3n) is 6.65. The van der Waals surface area contributed by atoms with Gasteiger partial charge in [0, 0.05) is 17.8 Å². The number of sulfonamides is 1. The van der Waals surface area contributed by atoms with Crippen LogP contribution in [0.3, 0.4) is 0 Å².